The summed E-state index contributed by atoms with van der Waals surface area (Å²) in [7, 11) is 0. The van der Waals surface area contributed by atoms with Crippen LogP contribution in [-0.2, 0) is 4.74 Å². The van der Waals surface area contributed by atoms with E-state index in [1.807, 2.05) is 65.0 Å². The molecule has 3 rings (SSSR count). The fourth-order valence-electron chi connectivity index (χ4n) is 2.59. The molecule has 7 heteroatoms. The van der Waals surface area contributed by atoms with Crippen molar-refractivity contribution in [2.24, 2.45) is 0 Å². The van der Waals surface area contributed by atoms with Crippen LogP contribution < -0.4 is 5.32 Å². The Labute approximate surface area is 158 Å². The van der Waals surface area contributed by atoms with Crippen molar-refractivity contribution in [3.8, 4) is 11.1 Å². The lowest BCUT2D eigenvalue weighted by Gasteiger charge is -2.19. The fourth-order valence-corrected chi connectivity index (χ4v) is 2.59. The number of anilines is 2. The number of rotatable bonds is 3. The molecule has 27 heavy (non-hydrogen) atoms. The molecule has 0 bridgehead atoms. The smallest absolute Gasteiger partial charge is 0.435 e. The summed E-state index contributed by atoms with van der Waals surface area (Å²) in [5, 5.41) is 7.43. The van der Waals surface area contributed by atoms with Gasteiger partial charge in [0.2, 0.25) is 0 Å². The van der Waals surface area contributed by atoms with E-state index >= 15 is 0 Å². The molecule has 0 atom stereocenters. The second-order valence-corrected chi connectivity index (χ2v) is 7.23. The van der Waals surface area contributed by atoms with E-state index in [0.29, 0.717) is 5.82 Å². The van der Waals surface area contributed by atoms with Crippen molar-refractivity contribution in [1.82, 2.24) is 19.7 Å². The molecule has 0 saturated carbocycles. The molecule has 0 aliphatic rings. The van der Waals surface area contributed by atoms with Crippen molar-refractivity contribution in [2.75, 3.05) is 5.32 Å². The molecule has 0 fully saturated rings. The van der Waals surface area contributed by atoms with E-state index in [4.69, 9.17) is 4.74 Å². The van der Waals surface area contributed by atoms with Crippen LogP contribution in [0.2, 0.25) is 0 Å². The van der Waals surface area contributed by atoms with Crippen LogP contribution in [0.15, 0.2) is 42.7 Å². The number of ether oxygens (including phenoxy) is 1. The third-order valence-corrected chi connectivity index (χ3v) is 3.82. The first-order valence-electron chi connectivity index (χ1n) is 8.68. The molecule has 3 aromatic rings. The summed E-state index contributed by atoms with van der Waals surface area (Å²) in [6, 6.07) is 9.67. The quantitative estimate of drug-likeness (QED) is 0.737. The molecule has 0 unspecified atom stereocenters. The first-order chi connectivity index (χ1) is 12.7. The molecule has 1 aromatic carbocycles. The molecule has 0 saturated heterocycles. The van der Waals surface area contributed by atoms with Crippen LogP contribution in [0.5, 0.6) is 0 Å². The molecule has 2 heterocycles. The summed E-state index contributed by atoms with van der Waals surface area (Å²) < 4.78 is 6.68. The maximum atomic E-state index is 12.3. The van der Waals surface area contributed by atoms with Crippen molar-refractivity contribution in [1.29, 1.82) is 0 Å². The average molecular weight is 365 g/mol. The van der Waals surface area contributed by atoms with Crippen LogP contribution >= 0.6 is 0 Å². The fraction of sp³-hybridized carbons (Fsp3) is 0.300. The lowest BCUT2D eigenvalue weighted by Crippen LogP contribution is -2.28. The number of carbonyl (C=O) groups is 1. The van der Waals surface area contributed by atoms with E-state index in [9.17, 15) is 4.79 Å². The highest BCUT2D eigenvalue weighted by Gasteiger charge is 2.21. The van der Waals surface area contributed by atoms with E-state index in [2.05, 4.69) is 20.4 Å². The van der Waals surface area contributed by atoms with Gasteiger partial charge >= 0.3 is 6.09 Å². The van der Waals surface area contributed by atoms with Crippen LogP contribution in [0.25, 0.3) is 11.1 Å². The number of aromatic nitrogens is 4. The van der Waals surface area contributed by atoms with Crippen LogP contribution in [0.3, 0.4) is 0 Å². The Morgan fingerprint density at radius 3 is 2.44 bits per heavy atom. The predicted octanol–water partition coefficient (Wildman–Crippen LogP) is 4.48. The number of carbonyl (C=O) groups excluding carboxylic acids is 1. The Bertz CT molecular complexity index is 955. The number of hydrogen-bond acceptors (Lipinski definition) is 6. The largest absolute Gasteiger partial charge is 0.442 e. The van der Waals surface area contributed by atoms with Crippen LogP contribution in [0, 0.1) is 13.8 Å². The predicted molar refractivity (Wildman–Crippen MR) is 104 cm³/mol. The maximum absolute atomic E-state index is 12.3. The van der Waals surface area contributed by atoms with E-state index in [1.54, 1.807) is 12.4 Å². The van der Waals surface area contributed by atoms with Gasteiger partial charge in [-0.15, -0.1) is 0 Å². The number of hydrogen-bond donors (Lipinski definition) is 1. The first kappa shape index (κ1) is 18.6. The van der Waals surface area contributed by atoms with E-state index in [1.165, 1.54) is 4.68 Å². The molecule has 2 aromatic heterocycles. The molecule has 0 spiro atoms. The van der Waals surface area contributed by atoms with Crippen LogP contribution in [-0.4, -0.2) is 31.4 Å². The second kappa shape index (κ2) is 7.19. The Hall–Kier alpha value is -3.22. The summed E-state index contributed by atoms with van der Waals surface area (Å²) >= 11 is 0. The van der Waals surface area contributed by atoms with Gasteiger partial charge in [0.05, 0.1) is 11.9 Å². The SMILES string of the molecule is Cc1nccc(Nc2ccc(-c3cnn(C(=O)OC(C)(C)C)c3C)cc2)n1. The molecular formula is C20H23N5O2. The summed E-state index contributed by atoms with van der Waals surface area (Å²) in [5.41, 5.74) is 2.92. The van der Waals surface area contributed by atoms with Crippen molar-refractivity contribution >= 4 is 17.6 Å². The van der Waals surface area contributed by atoms with Gasteiger partial charge in [-0.3, -0.25) is 0 Å². The average Bonchev–Trinajstić information content (AvgIpc) is 2.96. The van der Waals surface area contributed by atoms with Gasteiger partial charge in [-0.05, 0) is 58.4 Å². The highest BCUT2D eigenvalue weighted by molar-refractivity contribution is 5.76. The molecule has 0 aliphatic carbocycles. The molecule has 0 aliphatic heterocycles. The monoisotopic (exact) mass is 365 g/mol. The zero-order valence-corrected chi connectivity index (χ0v) is 16.1. The van der Waals surface area contributed by atoms with Gasteiger partial charge < -0.3 is 10.1 Å². The lowest BCUT2D eigenvalue weighted by molar-refractivity contribution is 0.0511. The van der Waals surface area contributed by atoms with Crippen molar-refractivity contribution in [3.05, 3.63) is 54.2 Å². The van der Waals surface area contributed by atoms with E-state index in [0.717, 1.165) is 28.3 Å². The normalized spacial score (nSPS) is 11.3. The molecule has 0 radical (unpaired) electrons. The molecule has 7 nitrogen and oxygen atoms in total. The van der Waals surface area contributed by atoms with Gasteiger partial charge in [0, 0.05) is 17.4 Å². The molecule has 0 amide bonds. The van der Waals surface area contributed by atoms with Gasteiger partial charge in [-0.25, -0.2) is 14.8 Å². The third kappa shape index (κ3) is 4.49. The minimum atomic E-state index is -0.567. The van der Waals surface area contributed by atoms with Crippen molar-refractivity contribution in [2.45, 2.75) is 40.2 Å². The highest BCUT2D eigenvalue weighted by Crippen LogP contribution is 2.26. The third-order valence-electron chi connectivity index (χ3n) is 3.82. The van der Waals surface area contributed by atoms with Gasteiger partial charge in [-0.1, -0.05) is 12.1 Å². The minimum absolute atomic E-state index is 0.483. The van der Waals surface area contributed by atoms with E-state index in [-0.39, 0.29) is 0 Å². The van der Waals surface area contributed by atoms with Gasteiger partial charge in [0.15, 0.2) is 0 Å². The summed E-state index contributed by atoms with van der Waals surface area (Å²) in [6.45, 7) is 9.18. The lowest BCUT2D eigenvalue weighted by atomic mass is 10.1. The topological polar surface area (TPSA) is 81.9 Å². The Morgan fingerprint density at radius 2 is 1.81 bits per heavy atom. The Kier molecular flexibility index (Phi) is 4.94. The maximum Gasteiger partial charge on any atom is 0.435 e. The molecule has 140 valence electrons. The molecular weight excluding hydrogens is 342 g/mol. The van der Waals surface area contributed by atoms with Gasteiger partial charge in [-0.2, -0.15) is 9.78 Å². The number of nitrogens with one attached hydrogen (secondary N) is 1. The summed E-state index contributed by atoms with van der Waals surface area (Å²) in [5.74, 6) is 1.45. The minimum Gasteiger partial charge on any atom is -0.442 e. The van der Waals surface area contributed by atoms with Crippen molar-refractivity contribution in [3.63, 3.8) is 0 Å². The Morgan fingerprint density at radius 1 is 1.11 bits per heavy atom. The first-order valence-corrected chi connectivity index (χ1v) is 8.68. The molecule has 1 N–H and O–H groups in total. The summed E-state index contributed by atoms with van der Waals surface area (Å²) in [6.07, 6.45) is 2.91. The number of benzene rings is 1. The van der Waals surface area contributed by atoms with Crippen LogP contribution in [0.4, 0.5) is 16.3 Å². The Balaban J connectivity index is 1.78. The van der Waals surface area contributed by atoms with Crippen LogP contribution in [0.1, 0.15) is 32.3 Å². The zero-order valence-electron chi connectivity index (χ0n) is 16.1. The van der Waals surface area contributed by atoms with Crippen molar-refractivity contribution < 1.29 is 9.53 Å². The van der Waals surface area contributed by atoms with Gasteiger partial charge in [0.1, 0.15) is 17.2 Å². The zero-order chi connectivity index (χ0) is 19.6. The summed E-state index contributed by atoms with van der Waals surface area (Å²) in [4.78, 5) is 20.7. The second-order valence-electron chi connectivity index (χ2n) is 7.23. The highest BCUT2D eigenvalue weighted by atomic mass is 16.6. The number of aryl methyl sites for hydroxylation is 1. The number of nitrogens with zero attached hydrogens (tertiary/aromatic N) is 4. The van der Waals surface area contributed by atoms with E-state index < -0.39 is 11.7 Å². The van der Waals surface area contributed by atoms with Gasteiger partial charge in [0.25, 0.3) is 0 Å². The standard InChI is InChI=1S/C20H23N5O2/c1-13-17(12-22-25(13)19(26)27-20(3,4)5)15-6-8-16(9-7-15)24-18-10-11-21-14(2)23-18/h6-12H,1-5H3,(H,21,23,24).